The molecule has 1 aliphatic rings. The minimum Gasteiger partial charge on any atom is -0.347 e. The van der Waals surface area contributed by atoms with Crippen molar-refractivity contribution in [2.75, 3.05) is 6.54 Å². The van der Waals surface area contributed by atoms with Crippen molar-refractivity contribution in [2.45, 2.75) is 31.8 Å². The third-order valence-electron chi connectivity index (χ3n) is 3.27. The Hall–Kier alpha value is -1.28. The third kappa shape index (κ3) is 2.12. The SMILES string of the molecule is c1ccc2c(c1)ccn2CCCNC1CC1. The summed E-state index contributed by atoms with van der Waals surface area (Å²) >= 11 is 0. The Bertz CT molecular complexity index is 468. The number of nitrogens with zero attached hydrogens (tertiary/aromatic N) is 1. The van der Waals surface area contributed by atoms with E-state index in [0.29, 0.717) is 0 Å². The zero-order chi connectivity index (χ0) is 10.8. The van der Waals surface area contributed by atoms with E-state index >= 15 is 0 Å². The number of hydrogen-bond acceptors (Lipinski definition) is 1. The van der Waals surface area contributed by atoms with Crippen LogP contribution in [-0.4, -0.2) is 17.2 Å². The molecule has 0 atom stereocenters. The maximum absolute atomic E-state index is 3.55. The normalized spacial score (nSPS) is 15.8. The van der Waals surface area contributed by atoms with Crippen molar-refractivity contribution >= 4 is 10.9 Å². The van der Waals surface area contributed by atoms with Crippen LogP contribution < -0.4 is 5.32 Å². The summed E-state index contributed by atoms with van der Waals surface area (Å²) in [5.41, 5.74) is 1.36. The summed E-state index contributed by atoms with van der Waals surface area (Å²) in [5.74, 6) is 0. The number of para-hydroxylation sites is 1. The smallest absolute Gasteiger partial charge is 0.0480 e. The minimum atomic E-state index is 0.835. The van der Waals surface area contributed by atoms with Crippen molar-refractivity contribution in [3.8, 4) is 0 Å². The molecule has 0 saturated heterocycles. The predicted molar refractivity (Wildman–Crippen MR) is 67.6 cm³/mol. The number of rotatable bonds is 5. The highest BCUT2D eigenvalue weighted by atomic mass is 15.0. The molecule has 2 nitrogen and oxygen atoms in total. The molecule has 0 unspecified atom stereocenters. The quantitative estimate of drug-likeness (QED) is 0.757. The zero-order valence-electron chi connectivity index (χ0n) is 9.52. The molecule has 0 aliphatic heterocycles. The Morgan fingerprint density at radius 3 is 2.94 bits per heavy atom. The molecule has 0 amide bonds. The Morgan fingerprint density at radius 1 is 1.19 bits per heavy atom. The van der Waals surface area contributed by atoms with Crippen LogP contribution in [0.3, 0.4) is 0 Å². The number of aryl methyl sites for hydroxylation is 1. The van der Waals surface area contributed by atoms with E-state index in [4.69, 9.17) is 0 Å². The van der Waals surface area contributed by atoms with Gasteiger partial charge in [0.1, 0.15) is 0 Å². The number of fused-ring (bicyclic) bond motifs is 1. The molecule has 0 spiro atoms. The number of benzene rings is 1. The second kappa shape index (κ2) is 4.30. The molecule has 1 heterocycles. The largest absolute Gasteiger partial charge is 0.347 e. The number of hydrogen-bond donors (Lipinski definition) is 1. The van der Waals surface area contributed by atoms with E-state index in [1.807, 2.05) is 0 Å². The first-order valence-electron chi connectivity index (χ1n) is 6.21. The molecule has 2 heteroatoms. The van der Waals surface area contributed by atoms with Gasteiger partial charge in [0.2, 0.25) is 0 Å². The van der Waals surface area contributed by atoms with Crippen LogP contribution in [0.1, 0.15) is 19.3 Å². The molecule has 3 rings (SSSR count). The van der Waals surface area contributed by atoms with E-state index in [-0.39, 0.29) is 0 Å². The topological polar surface area (TPSA) is 17.0 Å². The molecule has 2 aromatic rings. The first-order chi connectivity index (χ1) is 7.93. The minimum absolute atomic E-state index is 0.835. The molecule has 1 saturated carbocycles. The molecule has 1 fully saturated rings. The highest BCUT2D eigenvalue weighted by Crippen LogP contribution is 2.18. The average molecular weight is 214 g/mol. The molecular weight excluding hydrogens is 196 g/mol. The van der Waals surface area contributed by atoms with Gasteiger partial charge in [-0.15, -0.1) is 0 Å². The van der Waals surface area contributed by atoms with Crippen LogP contribution in [0.5, 0.6) is 0 Å². The monoisotopic (exact) mass is 214 g/mol. The molecule has 16 heavy (non-hydrogen) atoms. The fraction of sp³-hybridized carbons (Fsp3) is 0.429. The molecular formula is C14H18N2. The van der Waals surface area contributed by atoms with Gasteiger partial charge in [0.05, 0.1) is 0 Å². The molecule has 0 radical (unpaired) electrons. The van der Waals surface area contributed by atoms with Gasteiger partial charge in [0, 0.05) is 24.3 Å². The van der Waals surface area contributed by atoms with Gasteiger partial charge in [0.25, 0.3) is 0 Å². The Balaban J connectivity index is 1.60. The van der Waals surface area contributed by atoms with E-state index in [1.165, 1.54) is 30.2 Å². The zero-order valence-corrected chi connectivity index (χ0v) is 9.52. The third-order valence-corrected chi connectivity index (χ3v) is 3.27. The molecule has 1 aliphatic carbocycles. The van der Waals surface area contributed by atoms with Crippen molar-refractivity contribution < 1.29 is 0 Å². The van der Waals surface area contributed by atoms with Gasteiger partial charge >= 0.3 is 0 Å². The van der Waals surface area contributed by atoms with Gasteiger partial charge in [0.15, 0.2) is 0 Å². The standard InChI is InChI=1S/C14H18N2/c1-2-5-14-12(4-1)8-11-16(14)10-3-9-15-13-6-7-13/h1-2,4-5,8,11,13,15H,3,6-7,9-10H2. The van der Waals surface area contributed by atoms with Crippen molar-refractivity contribution in [2.24, 2.45) is 0 Å². The first-order valence-corrected chi connectivity index (χ1v) is 6.21. The van der Waals surface area contributed by atoms with Gasteiger partial charge < -0.3 is 9.88 Å². The van der Waals surface area contributed by atoms with Gasteiger partial charge in [-0.3, -0.25) is 0 Å². The summed E-state index contributed by atoms with van der Waals surface area (Å²) in [5, 5.41) is 4.90. The Morgan fingerprint density at radius 2 is 2.06 bits per heavy atom. The summed E-state index contributed by atoms with van der Waals surface area (Å²) < 4.78 is 2.35. The highest BCUT2D eigenvalue weighted by molar-refractivity contribution is 5.79. The highest BCUT2D eigenvalue weighted by Gasteiger charge is 2.19. The Labute approximate surface area is 96.3 Å². The van der Waals surface area contributed by atoms with E-state index < -0.39 is 0 Å². The lowest BCUT2D eigenvalue weighted by Crippen LogP contribution is -2.18. The van der Waals surface area contributed by atoms with E-state index in [2.05, 4.69) is 46.4 Å². The van der Waals surface area contributed by atoms with E-state index in [1.54, 1.807) is 0 Å². The van der Waals surface area contributed by atoms with Gasteiger partial charge in [-0.05, 0) is 43.3 Å². The first kappa shape index (κ1) is 9.91. The molecule has 0 bridgehead atoms. The van der Waals surface area contributed by atoms with Crippen molar-refractivity contribution in [1.29, 1.82) is 0 Å². The summed E-state index contributed by atoms with van der Waals surface area (Å²) in [6.45, 7) is 2.27. The lowest BCUT2D eigenvalue weighted by atomic mass is 10.2. The van der Waals surface area contributed by atoms with Gasteiger partial charge in [-0.25, -0.2) is 0 Å². The van der Waals surface area contributed by atoms with Crippen LogP contribution in [0, 0.1) is 0 Å². The van der Waals surface area contributed by atoms with E-state index in [9.17, 15) is 0 Å². The average Bonchev–Trinajstić information content (AvgIpc) is 3.05. The second-order valence-corrected chi connectivity index (χ2v) is 4.65. The molecule has 84 valence electrons. The summed E-state index contributed by atoms with van der Waals surface area (Å²) in [7, 11) is 0. The maximum atomic E-state index is 3.55. The number of aromatic nitrogens is 1. The van der Waals surface area contributed by atoms with Crippen LogP contribution >= 0.6 is 0 Å². The predicted octanol–water partition coefficient (Wildman–Crippen LogP) is 2.78. The maximum Gasteiger partial charge on any atom is 0.0480 e. The fourth-order valence-electron chi connectivity index (χ4n) is 2.18. The van der Waals surface area contributed by atoms with Crippen molar-refractivity contribution in [1.82, 2.24) is 9.88 Å². The fourth-order valence-corrected chi connectivity index (χ4v) is 2.18. The lowest BCUT2D eigenvalue weighted by molar-refractivity contribution is 0.588. The van der Waals surface area contributed by atoms with Crippen LogP contribution in [0.4, 0.5) is 0 Å². The lowest BCUT2D eigenvalue weighted by Gasteiger charge is -2.06. The van der Waals surface area contributed by atoms with Crippen LogP contribution in [0.2, 0.25) is 0 Å². The number of nitrogens with one attached hydrogen (secondary N) is 1. The molecule has 1 N–H and O–H groups in total. The van der Waals surface area contributed by atoms with Crippen molar-refractivity contribution in [3.05, 3.63) is 36.5 Å². The Kier molecular flexibility index (Phi) is 2.66. The van der Waals surface area contributed by atoms with Gasteiger partial charge in [-0.1, -0.05) is 18.2 Å². The molecule has 1 aromatic heterocycles. The molecule has 1 aromatic carbocycles. The van der Waals surface area contributed by atoms with Crippen LogP contribution in [-0.2, 0) is 6.54 Å². The van der Waals surface area contributed by atoms with Crippen molar-refractivity contribution in [3.63, 3.8) is 0 Å². The van der Waals surface area contributed by atoms with Crippen LogP contribution in [0.25, 0.3) is 10.9 Å². The summed E-state index contributed by atoms with van der Waals surface area (Å²) in [6.07, 6.45) is 6.18. The summed E-state index contributed by atoms with van der Waals surface area (Å²) in [6, 6.07) is 11.6. The van der Waals surface area contributed by atoms with E-state index in [0.717, 1.165) is 19.1 Å². The van der Waals surface area contributed by atoms with Crippen LogP contribution in [0.15, 0.2) is 36.5 Å². The second-order valence-electron chi connectivity index (χ2n) is 4.65. The van der Waals surface area contributed by atoms with Gasteiger partial charge in [-0.2, -0.15) is 0 Å². The summed E-state index contributed by atoms with van der Waals surface area (Å²) in [4.78, 5) is 0.